The van der Waals surface area contributed by atoms with Crippen LogP contribution in [0.25, 0.3) is 11.1 Å². The molecular formula is C14H17N3S. The monoisotopic (exact) mass is 259 g/mol. The molecule has 0 aliphatic heterocycles. The minimum Gasteiger partial charge on any atom is -0.382 e. The number of anilines is 2. The molecule has 0 saturated heterocycles. The molecule has 0 amide bonds. The van der Waals surface area contributed by atoms with Crippen LogP contribution in [-0.4, -0.2) is 10.4 Å². The zero-order chi connectivity index (χ0) is 12.5. The van der Waals surface area contributed by atoms with Crippen LogP contribution in [0.3, 0.4) is 0 Å². The zero-order valence-electron chi connectivity index (χ0n) is 10.4. The highest BCUT2D eigenvalue weighted by atomic mass is 32.1. The van der Waals surface area contributed by atoms with Crippen LogP contribution in [0.5, 0.6) is 0 Å². The first-order valence-corrected chi connectivity index (χ1v) is 7.08. The molecule has 3 rings (SSSR count). The van der Waals surface area contributed by atoms with Crippen LogP contribution >= 0.6 is 11.5 Å². The van der Waals surface area contributed by atoms with Crippen molar-refractivity contribution >= 4 is 22.4 Å². The number of rotatable bonds is 3. The van der Waals surface area contributed by atoms with E-state index < -0.39 is 0 Å². The molecule has 94 valence electrons. The first kappa shape index (κ1) is 11.5. The van der Waals surface area contributed by atoms with Crippen molar-refractivity contribution in [1.29, 1.82) is 0 Å². The van der Waals surface area contributed by atoms with Crippen LogP contribution in [-0.2, 0) is 0 Å². The van der Waals surface area contributed by atoms with E-state index in [1.54, 1.807) is 0 Å². The first-order chi connectivity index (χ1) is 8.74. The second-order valence-corrected chi connectivity index (χ2v) is 5.83. The quantitative estimate of drug-likeness (QED) is 0.885. The number of nitrogens with one attached hydrogen (secondary N) is 1. The van der Waals surface area contributed by atoms with E-state index in [1.807, 2.05) is 18.2 Å². The predicted molar refractivity (Wildman–Crippen MR) is 77.8 cm³/mol. The first-order valence-electron chi connectivity index (χ1n) is 6.31. The molecule has 1 aliphatic rings. The molecule has 1 heterocycles. The Hall–Kier alpha value is -1.55. The zero-order valence-corrected chi connectivity index (χ0v) is 11.2. The number of benzene rings is 1. The minimum atomic E-state index is 0.585. The summed E-state index contributed by atoms with van der Waals surface area (Å²) in [5.74, 6) is 1.47. The topological polar surface area (TPSA) is 50.9 Å². The number of hydrogen-bond donors (Lipinski definition) is 2. The third kappa shape index (κ3) is 2.08. The van der Waals surface area contributed by atoms with Gasteiger partial charge in [-0.25, -0.2) is 0 Å². The molecule has 1 aromatic carbocycles. The average Bonchev–Trinajstić information content (AvgIpc) is 2.70. The Balaban J connectivity index is 1.87. The van der Waals surface area contributed by atoms with Crippen molar-refractivity contribution in [3.63, 3.8) is 0 Å². The average molecular weight is 259 g/mol. The number of nitrogens with zero attached hydrogens (tertiary/aromatic N) is 1. The maximum Gasteiger partial charge on any atom is 0.147 e. The molecule has 0 atom stereocenters. The number of hydrogen-bond acceptors (Lipinski definition) is 4. The molecule has 18 heavy (non-hydrogen) atoms. The van der Waals surface area contributed by atoms with Crippen LogP contribution in [0.4, 0.5) is 10.8 Å². The Labute approximate surface area is 111 Å². The second-order valence-electron chi connectivity index (χ2n) is 5.06. The highest BCUT2D eigenvalue weighted by molar-refractivity contribution is 7.11. The summed E-state index contributed by atoms with van der Waals surface area (Å²) in [6.45, 7) is 2.29. The van der Waals surface area contributed by atoms with E-state index in [1.165, 1.54) is 24.4 Å². The maximum absolute atomic E-state index is 6.00. The van der Waals surface area contributed by atoms with Crippen LogP contribution in [0.2, 0.25) is 0 Å². The van der Waals surface area contributed by atoms with Gasteiger partial charge in [-0.2, -0.15) is 4.37 Å². The summed E-state index contributed by atoms with van der Waals surface area (Å²) in [6, 6.07) is 10.8. The number of aromatic nitrogens is 1. The maximum atomic E-state index is 6.00. The van der Waals surface area contributed by atoms with Gasteiger partial charge in [-0.1, -0.05) is 37.3 Å². The lowest BCUT2D eigenvalue weighted by Crippen LogP contribution is -2.33. The Bertz CT molecular complexity index is 529. The van der Waals surface area contributed by atoms with Crippen molar-refractivity contribution in [2.75, 3.05) is 11.1 Å². The van der Waals surface area contributed by atoms with Gasteiger partial charge in [0.05, 0.1) is 5.56 Å². The van der Waals surface area contributed by atoms with Gasteiger partial charge in [0.25, 0.3) is 0 Å². The van der Waals surface area contributed by atoms with Crippen molar-refractivity contribution in [2.24, 2.45) is 5.92 Å². The van der Waals surface area contributed by atoms with Crippen LogP contribution in [0.15, 0.2) is 30.3 Å². The molecule has 1 aromatic heterocycles. The fourth-order valence-corrected chi connectivity index (χ4v) is 3.30. The lowest BCUT2D eigenvalue weighted by atomic mass is 9.82. The smallest absolute Gasteiger partial charge is 0.147 e. The molecule has 0 unspecified atom stereocenters. The molecule has 2 aromatic rings. The summed E-state index contributed by atoms with van der Waals surface area (Å²) in [7, 11) is 0. The van der Waals surface area contributed by atoms with Gasteiger partial charge in [-0.05, 0) is 35.9 Å². The van der Waals surface area contributed by atoms with Gasteiger partial charge in [-0.3, -0.25) is 0 Å². The minimum absolute atomic E-state index is 0.585. The molecule has 1 aliphatic carbocycles. The van der Waals surface area contributed by atoms with Gasteiger partial charge in [0.1, 0.15) is 10.8 Å². The van der Waals surface area contributed by atoms with Crippen molar-refractivity contribution in [2.45, 2.75) is 25.8 Å². The van der Waals surface area contributed by atoms with Crippen LogP contribution in [0.1, 0.15) is 19.8 Å². The van der Waals surface area contributed by atoms with E-state index in [0.717, 1.165) is 22.0 Å². The summed E-state index contributed by atoms with van der Waals surface area (Å²) in [6.07, 6.45) is 2.48. The second kappa shape index (κ2) is 4.61. The van der Waals surface area contributed by atoms with E-state index in [-0.39, 0.29) is 0 Å². The molecular weight excluding hydrogens is 242 g/mol. The number of nitrogen functional groups attached to an aromatic ring is 1. The summed E-state index contributed by atoms with van der Waals surface area (Å²) in [5, 5.41) is 4.68. The van der Waals surface area contributed by atoms with Crippen molar-refractivity contribution in [3.05, 3.63) is 30.3 Å². The summed E-state index contributed by atoms with van der Waals surface area (Å²) < 4.78 is 4.28. The Morgan fingerprint density at radius 1 is 1.28 bits per heavy atom. The lowest BCUT2D eigenvalue weighted by molar-refractivity contribution is 0.309. The van der Waals surface area contributed by atoms with E-state index >= 15 is 0 Å². The normalized spacial score (nSPS) is 22.5. The molecule has 3 nitrogen and oxygen atoms in total. The van der Waals surface area contributed by atoms with E-state index in [9.17, 15) is 0 Å². The standard InChI is InChI=1S/C14H17N3S/c1-9-7-11(8-9)16-14-12(13(15)17-18-14)10-5-3-2-4-6-10/h2-6,9,11,16H,7-8H2,1H3,(H2,15,17). The molecule has 3 N–H and O–H groups in total. The Morgan fingerprint density at radius 2 is 2.00 bits per heavy atom. The van der Waals surface area contributed by atoms with E-state index in [4.69, 9.17) is 5.73 Å². The van der Waals surface area contributed by atoms with E-state index in [2.05, 4.69) is 28.7 Å². The van der Waals surface area contributed by atoms with Gasteiger partial charge in [0, 0.05) is 6.04 Å². The molecule has 0 spiro atoms. The van der Waals surface area contributed by atoms with Crippen molar-refractivity contribution in [1.82, 2.24) is 4.37 Å². The van der Waals surface area contributed by atoms with Gasteiger partial charge >= 0.3 is 0 Å². The fraction of sp³-hybridized carbons (Fsp3) is 0.357. The van der Waals surface area contributed by atoms with Gasteiger partial charge in [-0.15, -0.1) is 0 Å². The predicted octanol–water partition coefficient (Wildman–Crippen LogP) is 3.60. The third-order valence-electron chi connectivity index (χ3n) is 3.49. The molecule has 0 bridgehead atoms. The van der Waals surface area contributed by atoms with Crippen molar-refractivity contribution in [3.8, 4) is 11.1 Å². The fourth-order valence-electron chi connectivity index (χ4n) is 2.49. The van der Waals surface area contributed by atoms with Gasteiger partial charge < -0.3 is 11.1 Å². The molecule has 1 saturated carbocycles. The highest BCUT2D eigenvalue weighted by Gasteiger charge is 2.27. The summed E-state index contributed by atoms with van der Waals surface area (Å²) in [5.41, 5.74) is 8.19. The van der Waals surface area contributed by atoms with Crippen LogP contribution in [0, 0.1) is 5.92 Å². The Kier molecular flexibility index (Phi) is 2.96. The summed E-state index contributed by atoms with van der Waals surface area (Å²) >= 11 is 1.46. The molecule has 1 fully saturated rings. The SMILES string of the molecule is CC1CC(Nc2snc(N)c2-c2ccccc2)C1. The summed E-state index contributed by atoms with van der Waals surface area (Å²) in [4.78, 5) is 0. The van der Waals surface area contributed by atoms with E-state index in [0.29, 0.717) is 11.9 Å². The van der Waals surface area contributed by atoms with Gasteiger partial charge in [0.15, 0.2) is 0 Å². The molecule has 4 heteroatoms. The van der Waals surface area contributed by atoms with Crippen molar-refractivity contribution < 1.29 is 0 Å². The number of nitrogens with two attached hydrogens (primary N) is 1. The van der Waals surface area contributed by atoms with Crippen LogP contribution < -0.4 is 11.1 Å². The Morgan fingerprint density at radius 3 is 2.67 bits per heavy atom. The van der Waals surface area contributed by atoms with Gasteiger partial charge in [0.2, 0.25) is 0 Å². The molecule has 0 radical (unpaired) electrons. The highest BCUT2D eigenvalue weighted by Crippen LogP contribution is 2.39. The third-order valence-corrected chi connectivity index (χ3v) is 4.28. The largest absolute Gasteiger partial charge is 0.382 e. The lowest BCUT2D eigenvalue weighted by Gasteiger charge is -2.33.